The molecule has 0 bridgehead atoms. The van der Waals surface area contributed by atoms with Gasteiger partial charge in [-0.25, -0.2) is 0 Å². The van der Waals surface area contributed by atoms with Gasteiger partial charge in [0.15, 0.2) is 0 Å². The van der Waals surface area contributed by atoms with Gasteiger partial charge in [0.2, 0.25) is 0 Å². The Morgan fingerprint density at radius 2 is 1.54 bits per heavy atom. The summed E-state index contributed by atoms with van der Waals surface area (Å²) in [5.41, 5.74) is 10.1. The normalized spacial score (nSPS) is 23.5. The molecule has 0 radical (unpaired) electrons. The van der Waals surface area contributed by atoms with E-state index in [1.807, 2.05) is 0 Å². The van der Waals surface area contributed by atoms with Crippen LogP contribution in [0.15, 0.2) is 54.6 Å². The number of unbranched alkanes of at least 4 members (excludes halogenated alkanes) is 1. The van der Waals surface area contributed by atoms with E-state index in [-0.39, 0.29) is 12.1 Å². The number of hydrogen-bond acceptors (Lipinski definition) is 2. The third kappa shape index (κ3) is 4.46. The first-order valence-corrected chi connectivity index (χ1v) is 9.21. The average Bonchev–Trinajstić information content (AvgIpc) is 3.03. The topological polar surface area (TPSA) is 46.2 Å². The molecule has 3 N–H and O–H groups in total. The molecule has 2 atom stereocenters. The van der Waals surface area contributed by atoms with Gasteiger partial charge >= 0.3 is 0 Å². The van der Waals surface area contributed by atoms with Gasteiger partial charge in [0, 0.05) is 5.54 Å². The summed E-state index contributed by atoms with van der Waals surface area (Å²) in [6.07, 6.45) is 7.70. The summed E-state index contributed by atoms with van der Waals surface area (Å²) in [6, 6.07) is 19.8. The maximum Gasteiger partial charge on any atom is 0.0611 e. The standard InChI is InChI=1S/C22H29NO/c23-22(17-24)15-14-21(16-22)20-12-10-19(11-13-20)9-5-4-8-18-6-2-1-3-7-18/h1-3,6-7,10-13,21,24H,4-5,8-9,14-17,23H2/t21-,22-/m0/s1. The highest BCUT2D eigenvalue weighted by Gasteiger charge is 2.35. The highest BCUT2D eigenvalue weighted by molar-refractivity contribution is 5.27. The van der Waals surface area contributed by atoms with E-state index in [1.165, 1.54) is 36.0 Å². The van der Waals surface area contributed by atoms with E-state index in [0.29, 0.717) is 5.92 Å². The van der Waals surface area contributed by atoms with E-state index in [4.69, 9.17) is 5.73 Å². The molecule has 2 heteroatoms. The molecular weight excluding hydrogens is 294 g/mol. The van der Waals surface area contributed by atoms with E-state index in [2.05, 4.69) is 54.6 Å². The number of aryl methyl sites for hydroxylation is 2. The molecule has 0 aliphatic heterocycles. The van der Waals surface area contributed by atoms with Gasteiger partial charge in [0.05, 0.1) is 6.61 Å². The quantitative estimate of drug-likeness (QED) is 0.750. The van der Waals surface area contributed by atoms with Crippen LogP contribution >= 0.6 is 0 Å². The Balaban J connectivity index is 1.45. The van der Waals surface area contributed by atoms with Crippen molar-refractivity contribution in [3.05, 3.63) is 71.3 Å². The lowest BCUT2D eigenvalue weighted by Gasteiger charge is -2.21. The van der Waals surface area contributed by atoms with Gasteiger partial charge in [0.25, 0.3) is 0 Å². The summed E-state index contributed by atoms with van der Waals surface area (Å²) < 4.78 is 0. The number of benzene rings is 2. The molecular formula is C22H29NO. The van der Waals surface area contributed by atoms with E-state index in [9.17, 15) is 5.11 Å². The summed E-state index contributed by atoms with van der Waals surface area (Å²) in [5.74, 6) is 0.509. The number of rotatable bonds is 7. The monoisotopic (exact) mass is 323 g/mol. The minimum atomic E-state index is -0.360. The molecule has 0 unspecified atom stereocenters. The molecule has 0 aromatic heterocycles. The zero-order chi connectivity index (χ0) is 16.8. The lowest BCUT2D eigenvalue weighted by molar-refractivity contribution is 0.198. The highest BCUT2D eigenvalue weighted by Crippen LogP contribution is 2.39. The van der Waals surface area contributed by atoms with Crippen molar-refractivity contribution in [1.29, 1.82) is 0 Å². The molecule has 1 aliphatic rings. The fraction of sp³-hybridized carbons (Fsp3) is 0.455. The first-order chi connectivity index (χ1) is 11.7. The van der Waals surface area contributed by atoms with Gasteiger partial charge < -0.3 is 10.8 Å². The highest BCUT2D eigenvalue weighted by atomic mass is 16.3. The van der Waals surface area contributed by atoms with Gasteiger partial charge in [-0.2, -0.15) is 0 Å². The molecule has 0 spiro atoms. The number of aliphatic hydroxyl groups excluding tert-OH is 1. The van der Waals surface area contributed by atoms with Crippen molar-refractivity contribution in [3.63, 3.8) is 0 Å². The van der Waals surface area contributed by atoms with Gasteiger partial charge in [-0.15, -0.1) is 0 Å². The molecule has 0 amide bonds. The average molecular weight is 323 g/mol. The largest absolute Gasteiger partial charge is 0.394 e. The van der Waals surface area contributed by atoms with Crippen LogP contribution in [0.5, 0.6) is 0 Å². The summed E-state index contributed by atoms with van der Waals surface area (Å²) in [4.78, 5) is 0. The third-order valence-corrected chi connectivity index (χ3v) is 5.43. The van der Waals surface area contributed by atoms with Crippen LogP contribution < -0.4 is 5.73 Å². The minimum absolute atomic E-state index is 0.100. The van der Waals surface area contributed by atoms with Crippen LogP contribution in [0.4, 0.5) is 0 Å². The predicted octanol–water partition coefficient (Wildman–Crippen LogP) is 4.21. The summed E-state index contributed by atoms with van der Waals surface area (Å²) in [5, 5.41) is 9.41. The summed E-state index contributed by atoms with van der Waals surface area (Å²) in [6.45, 7) is 0.100. The molecule has 128 valence electrons. The van der Waals surface area contributed by atoms with E-state index in [1.54, 1.807) is 0 Å². The Morgan fingerprint density at radius 1 is 0.917 bits per heavy atom. The second kappa shape index (κ2) is 7.96. The maximum atomic E-state index is 9.41. The van der Waals surface area contributed by atoms with E-state index in [0.717, 1.165) is 25.7 Å². The third-order valence-electron chi connectivity index (χ3n) is 5.43. The van der Waals surface area contributed by atoms with Crippen LogP contribution in [0.1, 0.15) is 54.7 Å². The van der Waals surface area contributed by atoms with Crippen molar-refractivity contribution in [2.75, 3.05) is 6.61 Å². The van der Waals surface area contributed by atoms with Crippen LogP contribution in [-0.2, 0) is 12.8 Å². The molecule has 2 nitrogen and oxygen atoms in total. The molecule has 0 heterocycles. The van der Waals surface area contributed by atoms with E-state index >= 15 is 0 Å². The second-order valence-electron chi connectivity index (χ2n) is 7.39. The Bertz CT molecular complexity index is 622. The number of aliphatic hydroxyl groups is 1. The molecule has 0 saturated heterocycles. The number of hydrogen-bond donors (Lipinski definition) is 2. The minimum Gasteiger partial charge on any atom is -0.394 e. The Kier molecular flexibility index (Phi) is 5.70. The van der Waals surface area contributed by atoms with E-state index < -0.39 is 0 Å². The summed E-state index contributed by atoms with van der Waals surface area (Å²) in [7, 11) is 0. The zero-order valence-corrected chi connectivity index (χ0v) is 14.5. The van der Waals surface area contributed by atoms with Crippen molar-refractivity contribution >= 4 is 0 Å². The molecule has 1 saturated carbocycles. The maximum absolute atomic E-state index is 9.41. The van der Waals surface area contributed by atoms with Crippen LogP contribution in [0, 0.1) is 0 Å². The van der Waals surface area contributed by atoms with Crippen molar-refractivity contribution in [2.45, 2.75) is 56.4 Å². The Hall–Kier alpha value is -1.64. The molecule has 2 aromatic carbocycles. The molecule has 1 fully saturated rings. The van der Waals surface area contributed by atoms with Crippen molar-refractivity contribution in [2.24, 2.45) is 5.73 Å². The molecule has 1 aliphatic carbocycles. The first kappa shape index (κ1) is 17.2. The lowest BCUT2D eigenvalue weighted by atomic mass is 9.92. The van der Waals surface area contributed by atoms with Crippen LogP contribution in [-0.4, -0.2) is 17.3 Å². The molecule has 2 aromatic rings. The van der Waals surface area contributed by atoms with Crippen LogP contribution in [0.2, 0.25) is 0 Å². The summed E-state index contributed by atoms with van der Waals surface area (Å²) >= 11 is 0. The smallest absolute Gasteiger partial charge is 0.0611 e. The fourth-order valence-electron chi connectivity index (χ4n) is 3.84. The first-order valence-electron chi connectivity index (χ1n) is 9.21. The van der Waals surface area contributed by atoms with Gasteiger partial charge in [-0.3, -0.25) is 0 Å². The molecule has 24 heavy (non-hydrogen) atoms. The van der Waals surface area contributed by atoms with Gasteiger partial charge in [0.1, 0.15) is 0 Å². The SMILES string of the molecule is N[C@@]1(CO)CC[C@H](c2ccc(CCCCc3ccccc3)cc2)C1. The van der Waals surface area contributed by atoms with Gasteiger partial charge in [-0.1, -0.05) is 54.6 Å². The van der Waals surface area contributed by atoms with Crippen molar-refractivity contribution in [3.8, 4) is 0 Å². The lowest BCUT2D eigenvalue weighted by Crippen LogP contribution is -2.40. The fourth-order valence-corrected chi connectivity index (χ4v) is 3.84. The Morgan fingerprint density at radius 3 is 2.12 bits per heavy atom. The van der Waals surface area contributed by atoms with Crippen molar-refractivity contribution < 1.29 is 5.11 Å². The van der Waals surface area contributed by atoms with Crippen LogP contribution in [0.3, 0.4) is 0 Å². The van der Waals surface area contributed by atoms with Crippen LogP contribution in [0.25, 0.3) is 0 Å². The molecule has 3 rings (SSSR count). The van der Waals surface area contributed by atoms with Crippen molar-refractivity contribution in [1.82, 2.24) is 0 Å². The number of nitrogens with two attached hydrogens (primary N) is 1. The zero-order valence-electron chi connectivity index (χ0n) is 14.5. The second-order valence-corrected chi connectivity index (χ2v) is 7.39. The predicted molar refractivity (Wildman–Crippen MR) is 100 cm³/mol. The van der Waals surface area contributed by atoms with Gasteiger partial charge in [-0.05, 0) is 67.6 Å². The Labute approximate surface area is 145 Å².